The first kappa shape index (κ1) is 9.24. The van der Waals surface area contributed by atoms with E-state index in [0.29, 0.717) is 12.3 Å². The lowest BCUT2D eigenvalue weighted by Crippen LogP contribution is -2.15. The van der Waals surface area contributed by atoms with Crippen LogP contribution in [-0.4, -0.2) is 27.6 Å². The Hall–Kier alpha value is -1.85. The Morgan fingerprint density at radius 3 is 3.15 bits per heavy atom. The van der Waals surface area contributed by atoms with Gasteiger partial charge in [0.2, 0.25) is 0 Å². The molecule has 0 bridgehead atoms. The molecule has 6 nitrogen and oxygen atoms in total. The fraction of sp³-hybridized carbons (Fsp3) is 0.286. The van der Waals surface area contributed by atoms with Gasteiger partial charge in [0.15, 0.2) is 5.84 Å². The van der Waals surface area contributed by atoms with E-state index < -0.39 is 0 Å². The number of nitrogens with zero attached hydrogens (tertiary/aromatic N) is 3. The molecule has 0 aliphatic carbocycles. The van der Waals surface area contributed by atoms with Crippen LogP contribution in [-0.2, 0) is 0 Å². The van der Waals surface area contributed by atoms with Gasteiger partial charge in [0, 0.05) is 6.20 Å². The largest absolute Gasteiger partial charge is 0.464 e. The number of oxime groups is 1. The van der Waals surface area contributed by atoms with Crippen molar-refractivity contribution in [2.75, 3.05) is 6.61 Å². The zero-order valence-electron chi connectivity index (χ0n) is 7.14. The van der Waals surface area contributed by atoms with E-state index in [-0.39, 0.29) is 11.8 Å². The molecule has 0 aliphatic heterocycles. The van der Waals surface area contributed by atoms with Crippen LogP contribution in [0.4, 0.5) is 0 Å². The molecule has 0 spiro atoms. The first-order chi connectivity index (χ1) is 6.27. The topological polar surface area (TPSA) is 93.6 Å². The molecule has 0 fully saturated rings. The highest BCUT2D eigenvalue weighted by molar-refractivity contribution is 5.95. The maximum absolute atomic E-state index is 8.37. The van der Waals surface area contributed by atoms with Crippen molar-refractivity contribution < 1.29 is 9.94 Å². The molecule has 0 amide bonds. The van der Waals surface area contributed by atoms with Gasteiger partial charge in [0.25, 0.3) is 0 Å². The summed E-state index contributed by atoms with van der Waals surface area (Å²) in [5, 5.41) is 11.2. The average molecular weight is 182 g/mol. The fourth-order valence-electron chi connectivity index (χ4n) is 0.733. The van der Waals surface area contributed by atoms with Crippen LogP contribution in [0.5, 0.6) is 6.01 Å². The van der Waals surface area contributed by atoms with E-state index in [2.05, 4.69) is 15.1 Å². The highest BCUT2D eigenvalue weighted by atomic mass is 16.5. The molecule has 0 atom stereocenters. The Morgan fingerprint density at radius 2 is 2.54 bits per heavy atom. The third kappa shape index (κ3) is 2.29. The molecule has 0 radical (unpaired) electrons. The van der Waals surface area contributed by atoms with Gasteiger partial charge in [-0.3, -0.25) is 0 Å². The molecule has 0 saturated heterocycles. The number of rotatable bonds is 3. The molecule has 6 heteroatoms. The van der Waals surface area contributed by atoms with Crippen molar-refractivity contribution in [2.45, 2.75) is 6.92 Å². The molecule has 1 aromatic heterocycles. The first-order valence-corrected chi connectivity index (χ1v) is 3.71. The lowest BCUT2D eigenvalue weighted by molar-refractivity contribution is 0.311. The van der Waals surface area contributed by atoms with Crippen molar-refractivity contribution in [1.29, 1.82) is 0 Å². The van der Waals surface area contributed by atoms with Gasteiger partial charge in [0.1, 0.15) is 5.69 Å². The van der Waals surface area contributed by atoms with Gasteiger partial charge in [-0.2, -0.15) is 4.98 Å². The Kier molecular flexibility index (Phi) is 3.02. The Bertz CT molecular complexity index is 313. The first-order valence-electron chi connectivity index (χ1n) is 3.71. The number of aromatic nitrogens is 2. The molecule has 13 heavy (non-hydrogen) atoms. The predicted molar refractivity (Wildman–Crippen MR) is 45.7 cm³/mol. The second kappa shape index (κ2) is 4.24. The molecule has 1 rings (SSSR count). The van der Waals surface area contributed by atoms with E-state index in [1.807, 2.05) is 6.92 Å². The number of amidine groups is 1. The second-order valence-corrected chi connectivity index (χ2v) is 2.14. The molecule has 0 aliphatic rings. The minimum atomic E-state index is -0.0663. The van der Waals surface area contributed by atoms with Crippen molar-refractivity contribution in [1.82, 2.24) is 9.97 Å². The summed E-state index contributed by atoms with van der Waals surface area (Å²) in [6.45, 7) is 2.29. The lowest BCUT2D eigenvalue weighted by atomic mass is 10.4. The molecular formula is C7H10N4O2. The molecule has 1 heterocycles. The van der Waals surface area contributed by atoms with Crippen LogP contribution in [0.3, 0.4) is 0 Å². The summed E-state index contributed by atoms with van der Waals surface area (Å²) in [5.74, 6) is -0.0663. The van der Waals surface area contributed by atoms with Crippen LogP contribution in [0, 0.1) is 0 Å². The molecule has 3 N–H and O–H groups in total. The van der Waals surface area contributed by atoms with Crippen LogP contribution < -0.4 is 10.5 Å². The quantitative estimate of drug-likeness (QED) is 0.296. The number of hydrogen-bond donors (Lipinski definition) is 2. The van der Waals surface area contributed by atoms with Crippen LogP contribution in [0.15, 0.2) is 17.4 Å². The Balaban J connectivity index is 2.91. The average Bonchev–Trinajstić information content (AvgIpc) is 2.18. The van der Waals surface area contributed by atoms with Crippen LogP contribution >= 0.6 is 0 Å². The molecule has 1 aromatic rings. The molecule has 0 aromatic carbocycles. The molecule has 0 unspecified atom stereocenters. The van der Waals surface area contributed by atoms with Gasteiger partial charge >= 0.3 is 6.01 Å². The summed E-state index contributed by atoms with van der Waals surface area (Å²) in [6, 6.07) is 1.74. The monoisotopic (exact) mass is 182 g/mol. The molecular weight excluding hydrogens is 172 g/mol. The summed E-state index contributed by atoms with van der Waals surface area (Å²) in [6.07, 6.45) is 1.48. The lowest BCUT2D eigenvalue weighted by Gasteiger charge is -2.01. The van der Waals surface area contributed by atoms with E-state index >= 15 is 0 Å². The van der Waals surface area contributed by atoms with Gasteiger partial charge in [-0.15, -0.1) is 0 Å². The van der Waals surface area contributed by atoms with Gasteiger partial charge in [-0.1, -0.05) is 5.16 Å². The summed E-state index contributed by atoms with van der Waals surface area (Å²) in [7, 11) is 0. The van der Waals surface area contributed by atoms with Crippen molar-refractivity contribution >= 4 is 5.84 Å². The smallest absolute Gasteiger partial charge is 0.316 e. The van der Waals surface area contributed by atoms with Crippen LogP contribution in [0.2, 0.25) is 0 Å². The summed E-state index contributed by atoms with van der Waals surface area (Å²) in [4.78, 5) is 7.70. The summed E-state index contributed by atoms with van der Waals surface area (Å²) >= 11 is 0. The van der Waals surface area contributed by atoms with Crippen LogP contribution in [0.25, 0.3) is 0 Å². The van der Waals surface area contributed by atoms with Gasteiger partial charge in [-0.25, -0.2) is 4.98 Å². The Labute approximate surface area is 75.1 Å². The van der Waals surface area contributed by atoms with E-state index in [4.69, 9.17) is 15.7 Å². The SMILES string of the molecule is CCOc1nccc(/C(N)=N\O)n1. The van der Waals surface area contributed by atoms with Crippen molar-refractivity contribution in [3.05, 3.63) is 18.0 Å². The zero-order valence-corrected chi connectivity index (χ0v) is 7.14. The van der Waals surface area contributed by atoms with E-state index in [0.717, 1.165) is 0 Å². The highest BCUT2D eigenvalue weighted by Crippen LogP contribution is 2.02. The number of hydrogen-bond acceptors (Lipinski definition) is 5. The zero-order chi connectivity index (χ0) is 9.68. The third-order valence-electron chi connectivity index (χ3n) is 1.28. The number of ether oxygens (including phenoxy) is 1. The summed E-state index contributed by atoms with van der Waals surface area (Å²) < 4.78 is 5.03. The summed E-state index contributed by atoms with van der Waals surface area (Å²) in [5.41, 5.74) is 5.65. The Morgan fingerprint density at radius 1 is 1.77 bits per heavy atom. The maximum atomic E-state index is 8.37. The fourth-order valence-corrected chi connectivity index (χ4v) is 0.733. The number of nitrogens with two attached hydrogens (primary N) is 1. The minimum absolute atomic E-state index is 0.0663. The van der Waals surface area contributed by atoms with E-state index in [1.165, 1.54) is 12.3 Å². The molecule has 0 saturated carbocycles. The second-order valence-electron chi connectivity index (χ2n) is 2.14. The third-order valence-corrected chi connectivity index (χ3v) is 1.28. The van der Waals surface area contributed by atoms with E-state index in [1.54, 1.807) is 0 Å². The standard InChI is InChI=1S/C7H10N4O2/c1-2-13-7-9-4-3-5(10-7)6(8)11-12/h3-4,12H,2H2,1H3,(H2,8,11). The minimum Gasteiger partial charge on any atom is -0.464 e. The van der Waals surface area contributed by atoms with Crippen LogP contribution in [0.1, 0.15) is 12.6 Å². The van der Waals surface area contributed by atoms with Crippen molar-refractivity contribution in [3.63, 3.8) is 0 Å². The maximum Gasteiger partial charge on any atom is 0.316 e. The predicted octanol–water partition coefficient (Wildman–Crippen LogP) is -0.0302. The van der Waals surface area contributed by atoms with Gasteiger partial charge in [0.05, 0.1) is 6.61 Å². The van der Waals surface area contributed by atoms with E-state index in [9.17, 15) is 0 Å². The van der Waals surface area contributed by atoms with Crippen molar-refractivity contribution in [3.8, 4) is 6.01 Å². The van der Waals surface area contributed by atoms with Crippen molar-refractivity contribution in [2.24, 2.45) is 10.9 Å². The van der Waals surface area contributed by atoms with Gasteiger partial charge < -0.3 is 15.7 Å². The van der Waals surface area contributed by atoms with Gasteiger partial charge in [-0.05, 0) is 13.0 Å². The highest BCUT2D eigenvalue weighted by Gasteiger charge is 2.03. The molecule has 70 valence electrons. The normalized spacial score (nSPS) is 11.3.